The maximum atomic E-state index is 11.7. The molecule has 8 heteroatoms. The molecule has 20 heavy (non-hydrogen) atoms. The Hall–Kier alpha value is -1.92. The maximum Gasteiger partial charge on any atom is 0.330 e. The highest BCUT2D eigenvalue weighted by molar-refractivity contribution is 5.18. The molecule has 8 nitrogen and oxygen atoms in total. The summed E-state index contributed by atoms with van der Waals surface area (Å²) in [5.74, 6) is 2.08. The van der Waals surface area contributed by atoms with Crippen molar-refractivity contribution in [2.24, 2.45) is 0 Å². The molecule has 0 aliphatic carbocycles. The molecule has 108 valence electrons. The summed E-state index contributed by atoms with van der Waals surface area (Å²) in [5.41, 5.74) is -2.96. The van der Waals surface area contributed by atoms with Crippen LogP contribution in [0.2, 0.25) is 0 Å². The van der Waals surface area contributed by atoms with E-state index in [1.165, 1.54) is 13.1 Å². The van der Waals surface area contributed by atoms with Crippen LogP contribution in [0, 0.1) is 19.3 Å². The van der Waals surface area contributed by atoms with Crippen molar-refractivity contribution < 1.29 is 20.1 Å². The zero-order chi connectivity index (χ0) is 15.1. The second-order valence-electron chi connectivity index (χ2n) is 4.61. The minimum absolute atomic E-state index is 0.220. The number of aromatic amines is 1. The SMILES string of the molecule is C#C[C@]1(CO)OC(n2cc(C)c(=O)[nH]c2=O)[C@H](O)[C@@H]1O. The molecule has 1 aliphatic rings. The summed E-state index contributed by atoms with van der Waals surface area (Å²) in [5, 5.41) is 29.1. The minimum Gasteiger partial charge on any atom is -0.392 e. The monoisotopic (exact) mass is 282 g/mol. The van der Waals surface area contributed by atoms with Gasteiger partial charge in [0.05, 0.1) is 6.61 Å². The Bertz CT molecular complexity index is 672. The topological polar surface area (TPSA) is 125 Å². The summed E-state index contributed by atoms with van der Waals surface area (Å²) in [6.45, 7) is 0.738. The molecule has 1 saturated heterocycles. The van der Waals surface area contributed by atoms with Crippen LogP contribution in [0.4, 0.5) is 0 Å². The molecule has 2 rings (SSSR count). The molecule has 0 spiro atoms. The zero-order valence-corrected chi connectivity index (χ0v) is 10.6. The molecule has 0 saturated carbocycles. The van der Waals surface area contributed by atoms with E-state index in [-0.39, 0.29) is 5.56 Å². The molecular weight excluding hydrogens is 268 g/mol. The molecule has 0 radical (unpaired) electrons. The molecule has 1 aliphatic heterocycles. The highest BCUT2D eigenvalue weighted by Gasteiger charge is 2.54. The third-order valence-corrected chi connectivity index (χ3v) is 3.32. The van der Waals surface area contributed by atoms with Crippen LogP contribution in [0.25, 0.3) is 0 Å². The average Bonchev–Trinajstić information content (AvgIpc) is 2.68. The van der Waals surface area contributed by atoms with E-state index in [0.717, 1.165) is 4.57 Å². The number of aliphatic hydroxyl groups is 3. The number of nitrogens with zero attached hydrogens (tertiary/aromatic N) is 1. The van der Waals surface area contributed by atoms with E-state index in [4.69, 9.17) is 11.2 Å². The third kappa shape index (κ3) is 1.97. The van der Waals surface area contributed by atoms with Crippen molar-refractivity contribution in [3.63, 3.8) is 0 Å². The van der Waals surface area contributed by atoms with Gasteiger partial charge in [0.1, 0.15) is 12.2 Å². The number of nitrogens with one attached hydrogen (secondary N) is 1. The van der Waals surface area contributed by atoms with Crippen LogP contribution in [-0.2, 0) is 4.74 Å². The molecule has 1 unspecified atom stereocenters. The smallest absolute Gasteiger partial charge is 0.330 e. The van der Waals surface area contributed by atoms with Gasteiger partial charge >= 0.3 is 5.69 Å². The van der Waals surface area contributed by atoms with Crippen LogP contribution in [0.15, 0.2) is 15.8 Å². The Labute approximate surface area is 113 Å². The summed E-state index contributed by atoms with van der Waals surface area (Å²) in [4.78, 5) is 25.1. The lowest BCUT2D eigenvalue weighted by atomic mass is 9.97. The minimum atomic E-state index is -1.80. The molecule has 2 heterocycles. The van der Waals surface area contributed by atoms with Gasteiger partial charge in [-0.05, 0) is 6.92 Å². The van der Waals surface area contributed by atoms with Gasteiger partial charge in [0, 0.05) is 11.8 Å². The van der Waals surface area contributed by atoms with Crippen LogP contribution >= 0.6 is 0 Å². The molecule has 1 aromatic heterocycles. The van der Waals surface area contributed by atoms with Crippen LogP contribution in [0.3, 0.4) is 0 Å². The fraction of sp³-hybridized carbons (Fsp3) is 0.500. The zero-order valence-electron chi connectivity index (χ0n) is 10.6. The fourth-order valence-electron chi connectivity index (χ4n) is 2.08. The Morgan fingerprint density at radius 2 is 2.20 bits per heavy atom. The lowest BCUT2D eigenvalue weighted by molar-refractivity contribution is -0.0937. The fourth-order valence-corrected chi connectivity index (χ4v) is 2.08. The lowest BCUT2D eigenvalue weighted by Crippen LogP contribution is -2.45. The summed E-state index contributed by atoms with van der Waals surface area (Å²) in [6.07, 6.45) is 2.00. The van der Waals surface area contributed by atoms with Crippen LogP contribution in [0.5, 0.6) is 0 Å². The molecule has 4 N–H and O–H groups in total. The standard InChI is InChI=1S/C12H14N2O6/c1-3-12(5-15)8(17)7(16)10(20-12)14-4-6(2)9(18)13-11(14)19/h1,4,7-8,10,15-17H,5H2,2H3,(H,13,18,19)/t7-,8+,10?,12-/m1/s1. The maximum absolute atomic E-state index is 11.7. The van der Waals surface area contributed by atoms with Gasteiger partial charge in [0.25, 0.3) is 5.56 Å². The van der Waals surface area contributed by atoms with Gasteiger partial charge in [-0.15, -0.1) is 6.42 Å². The van der Waals surface area contributed by atoms with Crippen molar-refractivity contribution in [2.45, 2.75) is 31.0 Å². The number of aryl methyl sites for hydroxylation is 1. The van der Waals surface area contributed by atoms with E-state index in [2.05, 4.69) is 5.92 Å². The number of hydrogen-bond donors (Lipinski definition) is 4. The summed E-state index contributed by atoms with van der Waals surface area (Å²) >= 11 is 0. The second kappa shape index (κ2) is 4.88. The van der Waals surface area contributed by atoms with Crippen molar-refractivity contribution in [1.82, 2.24) is 9.55 Å². The molecule has 4 atom stereocenters. The van der Waals surface area contributed by atoms with Crippen LogP contribution < -0.4 is 11.2 Å². The molecular formula is C12H14N2O6. The molecule has 0 amide bonds. The van der Waals surface area contributed by atoms with E-state index < -0.39 is 41.9 Å². The normalized spacial score (nSPS) is 33.0. The number of hydrogen-bond acceptors (Lipinski definition) is 6. The Morgan fingerprint density at radius 3 is 2.70 bits per heavy atom. The van der Waals surface area contributed by atoms with Crippen molar-refractivity contribution >= 4 is 0 Å². The van der Waals surface area contributed by atoms with Gasteiger partial charge < -0.3 is 20.1 Å². The predicted molar refractivity (Wildman–Crippen MR) is 66.8 cm³/mol. The highest BCUT2D eigenvalue weighted by atomic mass is 16.6. The van der Waals surface area contributed by atoms with Gasteiger partial charge in [-0.1, -0.05) is 5.92 Å². The first-order chi connectivity index (χ1) is 9.36. The molecule has 1 fully saturated rings. The predicted octanol–water partition coefficient (Wildman–Crippen LogP) is -2.54. The van der Waals surface area contributed by atoms with Crippen LogP contribution in [-0.4, -0.2) is 49.3 Å². The number of ether oxygens (including phenoxy) is 1. The van der Waals surface area contributed by atoms with E-state index in [1.54, 1.807) is 0 Å². The molecule has 0 bridgehead atoms. The third-order valence-electron chi connectivity index (χ3n) is 3.32. The Balaban J connectivity index is 2.51. The van der Waals surface area contributed by atoms with Crippen molar-refractivity contribution in [3.8, 4) is 12.3 Å². The Kier molecular flexibility index (Phi) is 3.54. The van der Waals surface area contributed by atoms with Crippen LogP contribution in [0.1, 0.15) is 11.8 Å². The van der Waals surface area contributed by atoms with E-state index in [9.17, 15) is 24.9 Å². The second-order valence-corrected chi connectivity index (χ2v) is 4.61. The molecule has 0 aromatic carbocycles. The number of terminal acetylenes is 1. The van der Waals surface area contributed by atoms with E-state index in [1.807, 2.05) is 4.98 Å². The summed E-state index contributed by atoms with van der Waals surface area (Å²) in [7, 11) is 0. The lowest BCUT2D eigenvalue weighted by Gasteiger charge is -2.23. The van der Waals surface area contributed by atoms with E-state index in [0.29, 0.717) is 0 Å². The number of rotatable bonds is 2. The largest absolute Gasteiger partial charge is 0.392 e. The van der Waals surface area contributed by atoms with Crippen molar-refractivity contribution in [1.29, 1.82) is 0 Å². The molecule has 1 aromatic rings. The van der Waals surface area contributed by atoms with E-state index >= 15 is 0 Å². The Morgan fingerprint density at radius 1 is 1.55 bits per heavy atom. The van der Waals surface area contributed by atoms with Gasteiger partial charge in [0.15, 0.2) is 11.8 Å². The first-order valence-corrected chi connectivity index (χ1v) is 5.81. The number of aliphatic hydroxyl groups excluding tert-OH is 3. The first-order valence-electron chi connectivity index (χ1n) is 5.81. The summed E-state index contributed by atoms with van der Waals surface area (Å²) in [6, 6.07) is 0. The summed E-state index contributed by atoms with van der Waals surface area (Å²) < 4.78 is 6.20. The first kappa shape index (κ1) is 14.5. The van der Waals surface area contributed by atoms with Crippen molar-refractivity contribution in [3.05, 3.63) is 32.6 Å². The van der Waals surface area contributed by atoms with Gasteiger partial charge in [-0.3, -0.25) is 14.3 Å². The number of aromatic nitrogens is 2. The quantitative estimate of drug-likeness (QED) is 0.443. The average molecular weight is 282 g/mol. The van der Waals surface area contributed by atoms with Crippen molar-refractivity contribution in [2.75, 3.05) is 6.61 Å². The van der Waals surface area contributed by atoms with Gasteiger partial charge in [0.2, 0.25) is 0 Å². The van der Waals surface area contributed by atoms with Gasteiger partial charge in [-0.25, -0.2) is 4.79 Å². The number of H-pyrrole nitrogens is 1. The highest BCUT2D eigenvalue weighted by Crippen LogP contribution is 2.35. The van der Waals surface area contributed by atoms with Gasteiger partial charge in [-0.2, -0.15) is 0 Å².